The van der Waals surface area contributed by atoms with E-state index in [1.165, 1.54) is 16.7 Å². The highest BCUT2D eigenvalue weighted by molar-refractivity contribution is 5.43. The van der Waals surface area contributed by atoms with Gasteiger partial charge in [0, 0.05) is 18.9 Å². The molecule has 4 rings (SSSR count). The Kier molecular flexibility index (Phi) is 5.14. The average molecular weight is 362 g/mol. The number of ether oxygens (including phenoxy) is 2. The van der Waals surface area contributed by atoms with E-state index in [0.29, 0.717) is 11.8 Å². The zero-order valence-corrected chi connectivity index (χ0v) is 16.0. The summed E-state index contributed by atoms with van der Waals surface area (Å²) in [6.45, 7) is 0.975. The van der Waals surface area contributed by atoms with Crippen LogP contribution in [-0.2, 0) is 13.0 Å². The number of imidazole rings is 1. The number of methoxy groups -OCH3 is 2. The zero-order chi connectivity index (χ0) is 18.6. The van der Waals surface area contributed by atoms with Crippen molar-refractivity contribution in [1.29, 1.82) is 0 Å². The van der Waals surface area contributed by atoms with Gasteiger partial charge < -0.3 is 14.0 Å². The van der Waals surface area contributed by atoms with E-state index in [-0.39, 0.29) is 0 Å². The van der Waals surface area contributed by atoms with Crippen molar-refractivity contribution in [2.75, 3.05) is 14.2 Å². The average Bonchev–Trinajstić information content (AvgIpc) is 3.25. The van der Waals surface area contributed by atoms with Crippen LogP contribution in [-0.4, -0.2) is 23.8 Å². The fourth-order valence-electron chi connectivity index (χ4n) is 4.33. The van der Waals surface area contributed by atoms with Gasteiger partial charge in [-0.05, 0) is 72.1 Å². The Morgan fingerprint density at radius 2 is 1.81 bits per heavy atom. The lowest BCUT2D eigenvalue weighted by Gasteiger charge is -2.34. The highest BCUT2D eigenvalue weighted by atomic mass is 16.5. The van der Waals surface area contributed by atoms with Gasteiger partial charge in [-0.2, -0.15) is 0 Å². The van der Waals surface area contributed by atoms with E-state index in [2.05, 4.69) is 52.0 Å². The molecular formula is C23H26N2O2. The molecule has 0 bridgehead atoms. The monoisotopic (exact) mass is 362 g/mol. The second kappa shape index (κ2) is 7.87. The van der Waals surface area contributed by atoms with Crippen molar-refractivity contribution >= 4 is 0 Å². The number of nitrogens with zero attached hydrogens (tertiary/aromatic N) is 2. The van der Waals surface area contributed by atoms with E-state index < -0.39 is 0 Å². The molecule has 4 heteroatoms. The molecule has 1 heterocycles. The first-order valence-electron chi connectivity index (χ1n) is 9.55. The number of hydrogen-bond acceptors (Lipinski definition) is 3. The molecule has 1 aliphatic carbocycles. The Bertz CT molecular complexity index is 872. The topological polar surface area (TPSA) is 36.3 Å². The molecule has 0 N–H and O–H groups in total. The molecule has 0 radical (unpaired) electrons. The minimum Gasteiger partial charge on any atom is -0.497 e. The third-order valence-corrected chi connectivity index (χ3v) is 5.76. The molecular weight excluding hydrogens is 336 g/mol. The Labute approximate surface area is 160 Å². The Morgan fingerprint density at radius 1 is 1.04 bits per heavy atom. The van der Waals surface area contributed by atoms with Crippen LogP contribution in [0, 0.1) is 0 Å². The van der Waals surface area contributed by atoms with Crippen LogP contribution in [0.5, 0.6) is 11.5 Å². The van der Waals surface area contributed by atoms with Gasteiger partial charge in [0.05, 0.1) is 20.5 Å². The first-order chi connectivity index (χ1) is 13.3. The summed E-state index contributed by atoms with van der Waals surface area (Å²) < 4.78 is 13.0. The lowest BCUT2D eigenvalue weighted by Crippen LogP contribution is -2.21. The van der Waals surface area contributed by atoms with Crippen molar-refractivity contribution in [3.8, 4) is 11.5 Å². The van der Waals surface area contributed by atoms with Gasteiger partial charge in [0.25, 0.3) is 0 Å². The Morgan fingerprint density at radius 3 is 2.52 bits per heavy atom. The quantitative estimate of drug-likeness (QED) is 0.632. The molecule has 2 aromatic carbocycles. The number of fused-ring (bicyclic) bond motifs is 1. The van der Waals surface area contributed by atoms with Crippen LogP contribution < -0.4 is 9.47 Å². The van der Waals surface area contributed by atoms with Gasteiger partial charge in [0.2, 0.25) is 0 Å². The highest BCUT2D eigenvalue weighted by Gasteiger charge is 2.30. The fraction of sp³-hybridized carbons (Fsp3) is 0.348. The van der Waals surface area contributed by atoms with Crippen molar-refractivity contribution < 1.29 is 9.47 Å². The highest BCUT2D eigenvalue weighted by Crippen LogP contribution is 2.45. The van der Waals surface area contributed by atoms with Gasteiger partial charge in [-0.1, -0.05) is 18.2 Å². The van der Waals surface area contributed by atoms with E-state index in [0.717, 1.165) is 37.3 Å². The fourth-order valence-corrected chi connectivity index (χ4v) is 4.33. The molecule has 0 amide bonds. The van der Waals surface area contributed by atoms with Gasteiger partial charge in [0.15, 0.2) is 0 Å². The maximum Gasteiger partial charge on any atom is 0.119 e. The van der Waals surface area contributed by atoms with E-state index in [1.807, 2.05) is 18.7 Å². The predicted molar refractivity (Wildman–Crippen MR) is 107 cm³/mol. The molecule has 27 heavy (non-hydrogen) atoms. The number of aromatic nitrogens is 2. The molecule has 4 nitrogen and oxygen atoms in total. The minimum atomic E-state index is 0.482. The first-order valence-corrected chi connectivity index (χ1v) is 9.55. The van der Waals surface area contributed by atoms with Crippen LogP contribution >= 0.6 is 0 Å². The van der Waals surface area contributed by atoms with Gasteiger partial charge in [-0.15, -0.1) is 0 Å². The lowest BCUT2D eigenvalue weighted by atomic mass is 9.70. The predicted octanol–water partition coefficient (Wildman–Crippen LogP) is 4.80. The molecule has 0 saturated carbocycles. The van der Waals surface area contributed by atoms with Gasteiger partial charge in [0.1, 0.15) is 11.5 Å². The zero-order valence-electron chi connectivity index (χ0n) is 16.0. The van der Waals surface area contributed by atoms with E-state index >= 15 is 0 Å². The number of hydrogen-bond donors (Lipinski definition) is 0. The van der Waals surface area contributed by atoms with Crippen molar-refractivity contribution in [3.05, 3.63) is 77.9 Å². The van der Waals surface area contributed by atoms with Gasteiger partial charge in [-0.25, -0.2) is 4.98 Å². The summed E-state index contributed by atoms with van der Waals surface area (Å²) >= 11 is 0. The van der Waals surface area contributed by atoms with Crippen LogP contribution in [0.1, 0.15) is 41.4 Å². The van der Waals surface area contributed by atoms with Crippen LogP contribution in [0.3, 0.4) is 0 Å². The number of benzene rings is 2. The van der Waals surface area contributed by atoms with Crippen molar-refractivity contribution in [3.63, 3.8) is 0 Å². The van der Waals surface area contributed by atoms with Crippen molar-refractivity contribution in [1.82, 2.24) is 9.55 Å². The summed E-state index contributed by atoms with van der Waals surface area (Å²) in [6.07, 6.45) is 9.12. The van der Waals surface area contributed by atoms with Crippen LogP contribution in [0.4, 0.5) is 0 Å². The normalized spacial score (nSPS) is 18.7. The summed E-state index contributed by atoms with van der Waals surface area (Å²) in [5.41, 5.74) is 4.28. The second-order valence-corrected chi connectivity index (χ2v) is 7.18. The summed E-state index contributed by atoms with van der Waals surface area (Å²) in [6, 6.07) is 15.2. The molecule has 0 spiro atoms. The first kappa shape index (κ1) is 17.7. The van der Waals surface area contributed by atoms with E-state index in [4.69, 9.17) is 9.47 Å². The SMILES string of the molecule is COc1ccc(C2CCc3cc(OC)ccc3C2CCn2ccnc2)cc1. The number of aryl methyl sites for hydroxylation is 2. The lowest BCUT2D eigenvalue weighted by molar-refractivity contribution is 0.404. The molecule has 2 atom stereocenters. The maximum absolute atomic E-state index is 5.45. The molecule has 0 aliphatic heterocycles. The third kappa shape index (κ3) is 3.70. The van der Waals surface area contributed by atoms with Gasteiger partial charge >= 0.3 is 0 Å². The summed E-state index contributed by atoms with van der Waals surface area (Å²) in [5.74, 6) is 2.86. The summed E-state index contributed by atoms with van der Waals surface area (Å²) in [4.78, 5) is 4.18. The molecule has 2 unspecified atom stereocenters. The molecule has 0 fully saturated rings. The summed E-state index contributed by atoms with van der Waals surface area (Å²) in [7, 11) is 3.45. The minimum absolute atomic E-state index is 0.482. The maximum atomic E-state index is 5.45. The third-order valence-electron chi connectivity index (χ3n) is 5.76. The van der Waals surface area contributed by atoms with Crippen molar-refractivity contribution in [2.24, 2.45) is 0 Å². The molecule has 3 aromatic rings. The van der Waals surface area contributed by atoms with E-state index in [9.17, 15) is 0 Å². The molecule has 140 valence electrons. The number of rotatable bonds is 6. The van der Waals surface area contributed by atoms with Crippen LogP contribution in [0.25, 0.3) is 0 Å². The second-order valence-electron chi connectivity index (χ2n) is 7.18. The summed E-state index contributed by atoms with van der Waals surface area (Å²) in [5, 5.41) is 0. The standard InChI is InChI=1S/C23H26N2O2/c1-26-19-6-3-17(4-7-19)21-9-5-18-15-20(27-2)8-10-22(18)23(21)11-13-25-14-12-24-16-25/h3-4,6-8,10,12,14-16,21,23H,5,9,11,13H2,1-2H3. The largest absolute Gasteiger partial charge is 0.497 e. The Balaban J connectivity index is 1.65. The smallest absolute Gasteiger partial charge is 0.119 e. The van der Waals surface area contributed by atoms with Crippen LogP contribution in [0.15, 0.2) is 61.2 Å². The Hall–Kier alpha value is -2.75. The molecule has 0 saturated heterocycles. The molecule has 1 aliphatic rings. The van der Waals surface area contributed by atoms with E-state index in [1.54, 1.807) is 14.2 Å². The molecule has 1 aromatic heterocycles. The van der Waals surface area contributed by atoms with Gasteiger partial charge in [-0.3, -0.25) is 0 Å². The van der Waals surface area contributed by atoms with Crippen molar-refractivity contribution in [2.45, 2.75) is 37.6 Å². The van der Waals surface area contributed by atoms with Crippen LogP contribution in [0.2, 0.25) is 0 Å².